The van der Waals surface area contributed by atoms with Crippen LogP contribution in [0.4, 0.5) is 22.7 Å². The molecule has 0 radical (unpaired) electrons. The van der Waals surface area contributed by atoms with Crippen LogP contribution in [0.2, 0.25) is 0 Å². The quantitative estimate of drug-likeness (QED) is 0.154. The largest absolute Gasteiger partial charge is 0.516 e. The third kappa shape index (κ3) is 8.79. The Morgan fingerprint density at radius 3 is 2.03 bits per heavy atom. The molecule has 0 spiro atoms. The normalized spacial score (nSPS) is 12.0. The first-order valence-corrected chi connectivity index (χ1v) is 20.4. The van der Waals surface area contributed by atoms with Gasteiger partial charge in [-0.15, -0.1) is 47.0 Å². The number of fused-ring (bicyclic) bond motifs is 3. The number of nitrogens with one attached hydrogen (secondary N) is 1. The van der Waals surface area contributed by atoms with Gasteiger partial charge in [0.25, 0.3) is 0 Å². The van der Waals surface area contributed by atoms with Crippen LogP contribution in [-0.4, -0.2) is 9.55 Å². The van der Waals surface area contributed by atoms with Gasteiger partial charge < -0.3 is 19.5 Å². The van der Waals surface area contributed by atoms with E-state index in [4.69, 9.17) is 9.72 Å². The molecule has 0 bridgehead atoms. The number of benzene rings is 6. The smallest absolute Gasteiger partial charge is 0.135 e. The summed E-state index contributed by atoms with van der Waals surface area (Å²) < 4.78 is 8.97. The zero-order valence-corrected chi connectivity index (χ0v) is 38.3. The second kappa shape index (κ2) is 16.4. The first-order chi connectivity index (χ1) is 28.0. The summed E-state index contributed by atoms with van der Waals surface area (Å²) in [6.45, 7) is 20.0. The first-order valence-electron chi connectivity index (χ1n) is 20.4. The van der Waals surface area contributed by atoms with Crippen LogP contribution in [0.15, 0.2) is 140 Å². The van der Waals surface area contributed by atoms with E-state index in [0.29, 0.717) is 11.5 Å². The first kappa shape index (κ1) is 42.5. The Hall–Kier alpha value is -5.64. The Morgan fingerprint density at radius 2 is 1.30 bits per heavy atom. The fourth-order valence-corrected chi connectivity index (χ4v) is 7.48. The van der Waals surface area contributed by atoms with Crippen molar-refractivity contribution in [3.63, 3.8) is 0 Å². The zero-order valence-electron chi connectivity index (χ0n) is 36.1. The molecule has 8 rings (SSSR count). The minimum Gasteiger partial charge on any atom is -0.516 e. The fraction of sp³-hybridized carbons (Fsp3) is 0.222. The van der Waals surface area contributed by atoms with Crippen LogP contribution in [0.3, 0.4) is 0 Å². The van der Waals surface area contributed by atoms with Crippen LogP contribution < -0.4 is 15.0 Å². The fourth-order valence-electron chi connectivity index (χ4n) is 7.48. The number of nitrogens with zero attached hydrogens (tertiary/aromatic N) is 3. The van der Waals surface area contributed by atoms with Gasteiger partial charge in [0.2, 0.25) is 0 Å². The molecule has 0 amide bonds. The molecule has 0 aliphatic rings. The summed E-state index contributed by atoms with van der Waals surface area (Å²) in [7, 11) is 4.56. The van der Waals surface area contributed by atoms with Crippen molar-refractivity contribution < 1.29 is 25.8 Å². The number of ether oxygens (including phenoxy) is 1. The molecule has 0 aliphatic carbocycles. The Bertz CT molecular complexity index is 2800. The van der Waals surface area contributed by atoms with Crippen molar-refractivity contribution in [2.45, 2.75) is 78.6 Å². The summed E-state index contributed by atoms with van der Waals surface area (Å²) in [5, 5.41) is 5.86. The van der Waals surface area contributed by atoms with E-state index in [1.54, 1.807) is 0 Å². The molecule has 0 saturated carbocycles. The molecule has 60 heavy (non-hydrogen) atoms. The van der Waals surface area contributed by atoms with Gasteiger partial charge in [-0.3, -0.25) is 7.05 Å². The molecule has 0 unspecified atom stereocenters. The summed E-state index contributed by atoms with van der Waals surface area (Å²) in [6.07, 6.45) is 1.90. The average Bonchev–Trinajstić information content (AvgIpc) is 3.53. The molecule has 6 aromatic carbocycles. The van der Waals surface area contributed by atoms with E-state index in [2.05, 4.69) is 207 Å². The molecule has 2 aromatic heterocycles. The van der Waals surface area contributed by atoms with Crippen molar-refractivity contribution in [2.24, 2.45) is 0 Å². The molecule has 2 heterocycles. The number of rotatable bonds is 8. The van der Waals surface area contributed by atoms with Crippen molar-refractivity contribution in [2.75, 3.05) is 10.2 Å². The predicted molar refractivity (Wildman–Crippen MR) is 248 cm³/mol. The predicted octanol–water partition coefficient (Wildman–Crippen LogP) is 14.8. The standard InChI is InChI=1S/C54H53N4O.Pt/c1-52(2,3)38-19-16-20-41(30-38)56-47-21-14-15-22-49(47)57(10)42-31-40(54(7,8)9)32-44(34-42)59-43-24-25-45-46-29-37(36-17-12-11-13-18-36)23-26-48(46)58(50(45)35-43)51-33-39(27-28-55-51)53(4,5)6;/h11-33,56H,10H2,1-9H3;/q-3;. The maximum atomic E-state index is 6.76. The van der Waals surface area contributed by atoms with E-state index in [9.17, 15) is 0 Å². The number of anilines is 4. The van der Waals surface area contributed by atoms with Crippen molar-refractivity contribution in [3.8, 4) is 28.4 Å². The molecule has 0 atom stereocenters. The Morgan fingerprint density at radius 1 is 0.600 bits per heavy atom. The van der Waals surface area contributed by atoms with Gasteiger partial charge in [0.1, 0.15) is 5.82 Å². The third-order valence-electron chi connectivity index (χ3n) is 11.0. The Labute approximate surface area is 370 Å². The molecule has 0 fully saturated rings. The SMILES string of the molecule is [CH2-]N(c1[c-]c(Oc2[c-]c3c(cc2)c2cc(-c4ccccc4)ccc2n3-c2cc(C(C)(C)C)ccn2)cc(C(C)(C)C)c1)c1ccccc1Nc1cccc(C(C)(C)C)c1.[Pt]. The summed E-state index contributed by atoms with van der Waals surface area (Å²) >= 11 is 0. The monoisotopic (exact) mass is 968 g/mol. The second-order valence-corrected chi connectivity index (χ2v) is 18.5. The van der Waals surface area contributed by atoms with Crippen LogP contribution in [0, 0.1) is 19.2 Å². The topological polar surface area (TPSA) is 42.3 Å². The molecule has 5 nitrogen and oxygen atoms in total. The van der Waals surface area contributed by atoms with E-state index in [1.807, 2.05) is 29.3 Å². The van der Waals surface area contributed by atoms with Gasteiger partial charge in [-0.1, -0.05) is 135 Å². The minimum atomic E-state index is -0.172. The van der Waals surface area contributed by atoms with Crippen LogP contribution in [-0.2, 0) is 37.3 Å². The second-order valence-electron chi connectivity index (χ2n) is 18.5. The number of para-hydroxylation sites is 2. The molecular formula is C54H53N4OPt-3. The van der Waals surface area contributed by atoms with E-state index in [0.717, 1.165) is 61.5 Å². The minimum absolute atomic E-state index is 0. The molecule has 0 aliphatic heterocycles. The molecule has 308 valence electrons. The summed E-state index contributed by atoms with van der Waals surface area (Å²) in [6, 6.07) is 53.9. The summed E-state index contributed by atoms with van der Waals surface area (Å²) in [4.78, 5) is 6.85. The van der Waals surface area contributed by atoms with Gasteiger partial charge >= 0.3 is 0 Å². The number of aromatic nitrogens is 2. The van der Waals surface area contributed by atoms with E-state index in [-0.39, 0.29) is 37.3 Å². The molecule has 8 aromatic rings. The van der Waals surface area contributed by atoms with Crippen LogP contribution in [0.1, 0.15) is 79.0 Å². The van der Waals surface area contributed by atoms with E-state index >= 15 is 0 Å². The summed E-state index contributed by atoms with van der Waals surface area (Å²) in [5.74, 6) is 2.01. The van der Waals surface area contributed by atoms with Crippen LogP contribution in [0.25, 0.3) is 38.8 Å². The maximum Gasteiger partial charge on any atom is 0.135 e. The van der Waals surface area contributed by atoms with Gasteiger partial charge in [0.05, 0.1) is 5.69 Å². The molecule has 0 saturated heterocycles. The van der Waals surface area contributed by atoms with E-state index in [1.165, 1.54) is 16.7 Å². The van der Waals surface area contributed by atoms with Gasteiger partial charge in [-0.2, -0.15) is 6.07 Å². The van der Waals surface area contributed by atoms with Gasteiger partial charge in [0, 0.05) is 55.7 Å². The third-order valence-corrected chi connectivity index (χ3v) is 11.0. The number of pyridine rings is 1. The van der Waals surface area contributed by atoms with Crippen LogP contribution in [0.5, 0.6) is 11.5 Å². The Kier molecular flexibility index (Phi) is 11.6. The number of hydrogen-bond acceptors (Lipinski definition) is 4. The van der Waals surface area contributed by atoms with Crippen molar-refractivity contribution in [1.82, 2.24) is 9.55 Å². The van der Waals surface area contributed by atoms with Crippen molar-refractivity contribution in [1.29, 1.82) is 0 Å². The maximum absolute atomic E-state index is 6.76. The van der Waals surface area contributed by atoms with Gasteiger partial charge in [-0.05, 0) is 86.3 Å². The van der Waals surface area contributed by atoms with E-state index < -0.39 is 0 Å². The molecule has 1 N–H and O–H groups in total. The van der Waals surface area contributed by atoms with Crippen molar-refractivity contribution >= 4 is 44.6 Å². The van der Waals surface area contributed by atoms with Gasteiger partial charge in [0.15, 0.2) is 0 Å². The number of hydrogen-bond donors (Lipinski definition) is 1. The Balaban J connectivity index is 0.00000544. The summed E-state index contributed by atoms with van der Waals surface area (Å²) in [5.41, 5.74) is 11.3. The molecule has 6 heteroatoms. The van der Waals surface area contributed by atoms with Crippen molar-refractivity contribution in [3.05, 3.63) is 176 Å². The van der Waals surface area contributed by atoms with Gasteiger partial charge in [-0.25, -0.2) is 4.98 Å². The molecular weight excluding hydrogens is 916 g/mol. The van der Waals surface area contributed by atoms with Crippen LogP contribution >= 0.6 is 0 Å². The zero-order chi connectivity index (χ0) is 41.7. The average molecular weight is 969 g/mol.